The fourth-order valence-corrected chi connectivity index (χ4v) is 3.08. The predicted octanol–water partition coefficient (Wildman–Crippen LogP) is 2.80. The van der Waals surface area contributed by atoms with Crippen LogP contribution in [-0.4, -0.2) is 34.5 Å². The van der Waals surface area contributed by atoms with Gasteiger partial charge in [-0.3, -0.25) is 5.32 Å². The third kappa shape index (κ3) is 4.76. The number of rotatable bonds is 6. The number of hydrogen-bond acceptors (Lipinski definition) is 6. The Morgan fingerprint density at radius 1 is 1.43 bits per heavy atom. The van der Waals surface area contributed by atoms with Crippen molar-refractivity contribution < 1.29 is 9.90 Å². The van der Waals surface area contributed by atoms with Gasteiger partial charge in [0.25, 0.3) is 0 Å². The first-order valence-electron chi connectivity index (χ1n) is 6.52. The van der Waals surface area contributed by atoms with Crippen molar-refractivity contribution in [3.05, 3.63) is 16.8 Å². The fourth-order valence-electron chi connectivity index (χ4n) is 1.63. The van der Waals surface area contributed by atoms with Gasteiger partial charge in [0.1, 0.15) is 5.01 Å². The molecular formula is C13H18N4O2S2. The third-order valence-corrected chi connectivity index (χ3v) is 4.50. The standard InChI is InChI=1S/C13H18N4O2S2/c1-13(2,4-5-18)8-14-11(19)15-12-17-16-10(21-12)9-3-6-20-7-9/h3,6-7,18H,4-5,8H2,1-2H3,(H2,14,15,17,19). The van der Waals surface area contributed by atoms with E-state index in [-0.39, 0.29) is 18.1 Å². The molecule has 0 aliphatic rings. The van der Waals surface area contributed by atoms with Crippen molar-refractivity contribution in [3.8, 4) is 10.6 Å². The molecular weight excluding hydrogens is 308 g/mol. The lowest BCUT2D eigenvalue weighted by molar-refractivity contribution is 0.204. The van der Waals surface area contributed by atoms with Crippen LogP contribution in [-0.2, 0) is 0 Å². The molecule has 0 fully saturated rings. The second kappa shape index (κ2) is 6.97. The summed E-state index contributed by atoms with van der Waals surface area (Å²) in [5, 5.41) is 27.6. The molecule has 0 aromatic carbocycles. The number of thiophene rings is 1. The molecule has 0 saturated carbocycles. The number of amides is 2. The normalized spacial score (nSPS) is 11.4. The molecule has 2 aromatic rings. The van der Waals surface area contributed by atoms with Crippen LogP contribution in [0, 0.1) is 5.41 Å². The highest BCUT2D eigenvalue weighted by atomic mass is 32.1. The molecule has 0 unspecified atom stereocenters. The SMILES string of the molecule is CC(C)(CCO)CNC(=O)Nc1nnc(-c2ccsc2)s1. The minimum absolute atomic E-state index is 0.108. The number of hydrogen-bond donors (Lipinski definition) is 3. The van der Waals surface area contributed by atoms with Crippen LogP contribution < -0.4 is 10.6 Å². The summed E-state index contributed by atoms with van der Waals surface area (Å²) < 4.78 is 0. The first kappa shape index (κ1) is 15.9. The van der Waals surface area contributed by atoms with Crippen LogP contribution in [0.5, 0.6) is 0 Å². The lowest BCUT2D eigenvalue weighted by Gasteiger charge is -2.23. The molecule has 21 heavy (non-hydrogen) atoms. The van der Waals surface area contributed by atoms with Crippen molar-refractivity contribution in [2.24, 2.45) is 5.41 Å². The van der Waals surface area contributed by atoms with Gasteiger partial charge < -0.3 is 10.4 Å². The van der Waals surface area contributed by atoms with Gasteiger partial charge in [0, 0.05) is 24.1 Å². The fraction of sp³-hybridized carbons (Fsp3) is 0.462. The number of anilines is 1. The highest BCUT2D eigenvalue weighted by Gasteiger charge is 2.18. The Balaban J connectivity index is 1.86. The molecule has 3 N–H and O–H groups in total. The molecule has 0 bridgehead atoms. The molecule has 0 aliphatic heterocycles. The Labute approximate surface area is 131 Å². The van der Waals surface area contributed by atoms with Gasteiger partial charge >= 0.3 is 6.03 Å². The number of carbonyl (C=O) groups excluding carboxylic acids is 1. The topological polar surface area (TPSA) is 87.1 Å². The van der Waals surface area contributed by atoms with E-state index in [0.29, 0.717) is 18.1 Å². The minimum atomic E-state index is -0.311. The molecule has 2 aromatic heterocycles. The van der Waals surface area contributed by atoms with Gasteiger partial charge in [-0.05, 0) is 23.3 Å². The van der Waals surface area contributed by atoms with Crippen molar-refractivity contribution >= 4 is 33.8 Å². The number of urea groups is 1. The van der Waals surface area contributed by atoms with Crippen LogP contribution in [0.1, 0.15) is 20.3 Å². The zero-order valence-corrected chi connectivity index (χ0v) is 13.6. The van der Waals surface area contributed by atoms with E-state index in [2.05, 4.69) is 20.8 Å². The van der Waals surface area contributed by atoms with Gasteiger partial charge in [0.2, 0.25) is 5.13 Å². The van der Waals surface area contributed by atoms with Crippen LogP contribution in [0.3, 0.4) is 0 Å². The number of carbonyl (C=O) groups is 1. The Hall–Kier alpha value is -1.51. The second-order valence-corrected chi connectivity index (χ2v) is 7.13. The molecule has 6 nitrogen and oxygen atoms in total. The molecule has 0 atom stereocenters. The lowest BCUT2D eigenvalue weighted by atomic mass is 9.90. The van der Waals surface area contributed by atoms with E-state index >= 15 is 0 Å². The first-order chi connectivity index (χ1) is 10.00. The second-order valence-electron chi connectivity index (χ2n) is 5.37. The quantitative estimate of drug-likeness (QED) is 0.762. The van der Waals surface area contributed by atoms with Crippen LogP contribution in [0.25, 0.3) is 10.6 Å². The molecule has 2 heterocycles. The molecule has 2 amide bonds. The molecule has 8 heteroatoms. The maximum absolute atomic E-state index is 11.8. The summed E-state index contributed by atoms with van der Waals surface area (Å²) >= 11 is 2.93. The number of aliphatic hydroxyl groups is 1. The van der Waals surface area contributed by atoms with E-state index in [1.807, 2.05) is 30.7 Å². The van der Waals surface area contributed by atoms with E-state index in [0.717, 1.165) is 10.6 Å². The zero-order chi connectivity index (χ0) is 15.3. The van der Waals surface area contributed by atoms with E-state index in [1.54, 1.807) is 11.3 Å². The van der Waals surface area contributed by atoms with Crippen LogP contribution >= 0.6 is 22.7 Å². The van der Waals surface area contributed by atoms with Crippen molar-refractivity contribution in [3.63, 3.8) is 0 Å². The van der Waals surface area contributed by atoms with Gasteiger partial charge in [-0.25, -0.2) is 4.79 Å². The highest BCUT2D eigenvalue weighted by molar-refractivity contribution is 7.19. The van der Waals surface area contributed by atoms with Crippen molar-refractivity contribution in [1.82, 2.24) is 15.5 Å². The molecule has 2 rings (SSSR count). The molecule has 0 aliphatic carbocycles. The summed E-state index contributed by atoms with van der Waals surface area (Å²) in [6.07, 6.45) is 0.633. The summed E-state index contributed by atoms with van der Waals surface area (Å²) in [5.74, 6) is 0. The molecule has 0 saturated heterocycles. The van der Waals surface area contributed by atoms with E-state index in [9.17, 15) is 4.79 Å². The van der Waals surface area contributed by atoms with Crippen molar-refractivity contribution in [2.75, 3.05) is 18.5 Å². The van der Waals surface area contributed by atoms with Gasteiger partial charge in [-0.2, -0.15) is 11.3 Å². The van der Waals surface area contributed by atoms with Crippen LogP contribution in [0.4, 0.5) is 9.93 Å². The smallest absolute Gasteiger partial charge is 0.321 e. The average Bonchev–Trinajstić information content (AvgIpc) is 3.06. The summed E-state index contributed by atoms with van der Waals surface area (Å²) in [5.41, 5.74) is 0.865. The highest BCUT2D eigenvalue weighted by Crippen LogP contribution is 2.27. The van der Waals surface area contributed by atoms with Gasteiger partial charge in [0.05, 0.1) is 0 Å². The van der Waals surface area contributed by atoms with Crippen molar-refractivity contribution in [2.45, 2.75) is 20.3 Å². The maximum Gasteiger partial charge on any atom is 0.321 e. The van der Waals surface area contributed by atoms with Gasteiger partial charge in [-0.15, -0.1) is 10.2 Å². The Morgan fingerprint density at radius 2 is 2.24 bits per heavy atom. The van der Waals surface area contributed by atoms with Gasteiger partial charge in [-0.1, -0.05) is 25.2 Å². The first-order valence-corrected chi connectivity index (χ1v) is 8.28. The number of aromatic nitrogens is 2. The Kier molecular flexibility index (Phi) is 5.27. The van der Waals surface area contributed by atoms with E-state index < -0.39 is 0 Å². The zero-order valence-electron chi connectivity index (χ0n) is 11.9. The number of nitrogens with one attached hydrogen (secondary N) is 2. The number of nitrogens with zero attached hydrogens (tertiary/aromatic N) is 2. The van der Waals surface area contributed by atoms with Crippen LogP contribution in [0.2, 0.25) is 0 Å². The summed E-state index contributed by atoms with van der Waals surface area (Å²) in [4.78, 5) is 11.8. The largest absolute Gasteiger partial charge is 0.396 e. The summed E-state index contributed by atoms with van der Waals surface area (Å²) in [6, 6.07) is 1.65. The minimum Gasteiger partial charge on any atom is -0.396 e. The van der Waals surface area contributed by atoms with E-state index in [1.165, 1.54) is 11.3 Å². The third-order valence-electron chi connectivity index (χ3n) is 2.93. The van der Waals surface area contributed by atoms with Crippen molar-refractivity contribution in [1.29, 1.82) is 0 Å². The predicted molar refractivity (Wildman–Crippen MR) is 85.7 cm³/mol. The molecule has 114 valence electrons. The monoisotopic (exact) mass is 326 g/mol. The van der Waals surface area contributed by atoms with Gasteiger partial charge in [0.15, 0.2) is 0 Å². The molecule has 0 spiro atoms. The summed E-state index contributed by atoms with van der Waals surface area (Å²) in [6.45, 7) is 4.57. The summed E-state index contributed by atoms with van der Waals surface area (Å²) in [7, 11) is 0. The molecule has 0 radical (unpaired) electrons. The van der Waals surface area contributed by atoms with Crippen LogP contribution in [0.15, 0.2) is 16.8 Å². The Morgan fingerprint density at radius 3 is 2.90 bits per heavy atom. The average molecular weight is 326 g/mol. The maximum atomic E-state index is 11.8. The lowest BCUT2D eigenvalue weighted by Crippen LogP contribution is -2.37. The Bertz CT molecular complexity index is 581. The number of aliphatic hydroxyl groups excluding tert-OH is 1. The van der Waals surface area contributed by atoms with E-state index in [4.69, 9.17) is 5.11 Å².